The minimum absolute atomic E-state index is 0.256. The molecule has 0 aliphatic carbocycles. The molecule has 0 fully saturated rings. The Morgan fingerprint density at radius 1 is 1.15 bits per heavy atom. The van der Waals surface area contributed by atoms with Gasteiger partial charge in [0.05, 0.1) is 16.8 Å². The number of halogens is 2. The molecule has 0 spiro atoms. The molecule has 4 rings (SSSR count). The van der Waals surface area contributed by atoms with Crippen LogP contribution in [0.1, 0.15) is 16.8 Å². The van der Waals surface area contributed by atoms with Crippen molar-refractivity contribution in [1.29, 1.82) is 0 Å². The number of nitrogens with zero attached hydrogens (tertiary/aromatic N) is 2. The lowest BCUT2D eigenvalue weighted by atomic mass is 10.2. The summed E-state index contributed by atoms with van der Waals surface area (Å²) < 4.78 is 29.4. The van der Waals surface area contributed by atoms with E-state index in [2.05, 4.69) is 4.98 Å². The molecule has 2 heterocycles. The summed E-state index contributed by atoms with van der Waals surface area (Å²) in [7, 11) is 0. The second kappa shape index (κ2) is 4.31. The van der Waals surface area contributed by atoms with Crippen molar-refractivity contribution in [2.24, 2.45) is 0 Å². The van der Waals surface area contributed by atoms with Crippen molar-refractivity contribution in [3.63, 3.8) is 0 Å². The largest absolute Gasteiger partial charge is 0.310 e. The highest BCUT2D eigenvalue weighted by atomic mass is 32.2. The molecule has 100 valence electrons. The maximum atomic E-state index is 14.0. The summed E-state index contributed by atoms with van der Waals surface area (Å²) in [5, 5.41) is -0.256. The summed E-state index contributed by atoms with van der Waals surface area (Å²) in [6.45, 7) is 0. The van der Waals surface area contributed by atoms with Gasteiger partial charge in [-0.3, -0.25) is 0 Å². The van der Waals surface area contributed by atoms with Crippen LogP contribution in [-0.2, 0) is 5.75 Å². The maximum Gasteiger partial charge on any atom is 0.129 e. The van der Waals surface area contributed by atoms with Crippen molar-refractivity contribution in [3.8, 4) is 0 Å². The van der Waals surface area contributed by atoms with Crippen LogP contribution < -0.4 is 0 Å². The second-order valence-electron chi connectivity index (χ2n) is 4.72. The smallest absolute Gasteiger partial charge is 0.129 e. The third-order valence-electron chi connectivity index (χ3n) is 3.50. The zero-order valence-corrected chi connectivity index (χ0v) is 11.2. The molecule has 0 saturated carbocycles. The molecule has 0 N–H and O–H groups in total. The minimum Gasteiger partial charge on any atom is -0.310 e. The van der Waals surface area contributed by atoms with Gasteiger partial charge >= 0.3 is 0 Å². The molecule has 1 aliphatic heterocycles. The number of hydrogen-bond donors (Lipinski definition) is 0. The molecule has 0 bridgehead atoms. The van der Waals surface area contributed by atoms with Crippen LogP contribution >= 0.6 is 11.8 Å². The quantitative estimate of drug-likeness (QED) is 0.670. The Labute approximate surface area is 118 Å². The normalized spacial score (nSPS) is 17.6. The third kappa shape index (κ3) is 1.66. The van der Waals surface area contributed by atoms with Gasteiger partial charge in [-0.15, -0.1) is 11.8 Å². The first-order valence-corrected chi connectivity index (χ1v) is 7.31. The molecule has 0 amide bonds. The van der Waals surface area contributed by atoms with Crippen molar-refractivity contribution in [3.05, 3.63) is 65.5 Å². The molecule has 3 aromatic rings. The maximum absolute atomic E-state index is 14.0. The molecule has 2 aromatic carbocycles. The van der Waals surface area contributed by atoms with Gasteiger partial charge in [-0.05, 0) is 30.3 Å². The van der Waals surface area contributed by atoms with Crippen molar-refractivity contribution >= 4 is 22.8 Å². The van der Waals surface area contributed by atoms with Gasteiger partial charge in [0.25, 0.3) is 0 Å². The number of fused-ring (bicyclic) bond motifs is 3. The Balaban J connectivity index is 1.94. The number of hydrogen-bond acceptors (Lipinski definition) is 2. The topological polar surface area (TPSA) is 17.8 Å². The lowest BCUT2D eigenvalue weighted by Gasteiger charge is -2.15. The Morgan fingerprint density at radius 3 is 2.90 bits per heavy atom. The van der Waals surface area contributed by atoms with Crippen molar-refractivity contribution in [2.45, 2.75) is 11.1 Å². The molecule has 0 radical (unpaired) electrons. The molecule has 1 aliphatic rings. The lowest BCUT2D eigenvalue weighted by Crippen LogP contribution is -2.06. The third-order valence-corrected chi connectivity index (χ3v) is 4.70. The van der Waals surface area contributed by atoms with Crippen LogP contribution in [0.3, 0.4) is 0 Å². The molecule has 5 heteroatoms. The van der Waals surface area contributed by atoms with Gasteiger partial charge in [-0.25, -0.2) is 13.8 Å². The van der Waals surface area contributed by atoms with Gasteiger partial charge in [-0.2, -0.15) is 0 Å². The zero-order chi connectivity index (χ0) is 13.7. The first kappa shape index (κ1) is 11.9. The number of imidazole rings is 1. The van der Waals surface area contributed by atoms with E-state index in [0.29, 0.717) is 11.3 Å². The number of para-hydroxylation sites is 2. The molecule has 2 nitrogen and oxygen atoms in total. The van der Waals surface area contributed by atoms with Gasteiger partial charge < -0.3 is 4.57 Å². The average molecular weight is 288 g/mol. The van der Waals surface area contributed by atoms with Gasteiger partial charge in [0.15, 0.2) is 0 Å². The number of rotatable bonds is 1. The van der Waals surface area contributed by atoms with Crippen LogP contribution in [0.2, 0.25) is 0 Å². The van der Waals surface area contributed by atoms with Crippen LogP contribution in [0, 0.1) is 11.6 Å². The fourth-order valence-corrected chi connectivity index (χ4v) is 3.87. The van der Waals surface area contributed by atoms with Gasteiger partial charge in [-0.1, -0.05) is 12.1 Å². The summed E-state index contributed by atoms with van der Waals surface area (Å²) in [4.78, 5) is 4.55. The highest BCUT2D eigenvalue weighted by Gasteiger charge is 2.29. The van der Waals surface area contributed by atoms with Gasteiger partial charge in [0.2, 0.25) is 0 Å². The van der Waals surface area contributed by atoms with E-state index in [0.717, 1.165) is 22.9 Å². The predicted octanol–water partition coefficient (Wildman–Crippen LogP) is 4.11. The molecule has 20 heavy (non-hydrogen) atoms. The second-order valence-corrected chi connectivity index (χ2v) is 5.78. The molecule has 0 unspecified atom stereocenters. The summed E-state index contributed by atoms with van der Waals surface area (Å²) >= 11 is 1.56. The minimum atomic E-state index is -0.417. The van der Waals surface area contributed by atoms with Crippen LogP contribution in [-0.4, -0.2) is 9.55 Å². The Kier molecular flexibility index (Phi) is 2.57. The number of benzene rings is 2. The summed E-state index contributed by atoms with van der Waals surface area (Å²) in [5.74, 6) is 0.814. The predicted molar refractivity (Wildman–Crippen MR) is 75.5 cm³/mol. The van der Waals surface area contributed by atoms with E-state index in [1.807, 2.05) is 28.8 Å². The zero-order valence-electron chi connectivity index (χ0n) is 10.4. The van der Waals surface area contributed by atoms with Crippen LogP contribution in [0.25, 0.3) is 11.0 Å². The lowest BCUT2D eigenvalue weighted by molar-refractivity contribution is 0.576. The fourth-order valence-electron chi connectivity index (χ4n) is 2.62. The van der Waals surface area contributed by atoms with Crippen molar-refractivity contribution in [2.75, 3.05) is 0 Å². The summed E-state index contributed by atoms with van der Waals surface area (Å²) in [6.07, 6.45) is 0. The van der Waals surface area contributed by atoms with E-state index in [9.17, 15) is 8.78 Å². The van der Waals surface area contributed by atoms with Crippen LogP contribution in [0.5, 0.6) is 0 Å². The highest BCUT2D eigenvalue weighted by molar-refractivity contribution is 7.99. The molecular formula is C15H10F2N2S. The molecule has 0 saturated heterocycles. The van der Waals surface area contributed by atoms with Gasteiger partial charge in [0, 0.05) is 5.56 Å². The number of thioether (sulfide) groups is 1. The fraction of sp³-hybridized carbons (Fsp3) is 0.133. The monoisotopic (exact) mass is 288 g/mol. The summed E-state index contributed by atoms with van der Waals surface area (Å²) in [6, 6.07) is 11.4. The first-order valence-electron chi connectivity index (χ1n) is 6.26. The molecule has 1 aromatic heterocycles. The van der Waals surface area contributed by atoms with Gasteiger partial charge in [0.1, 0.15) is 22.8 Å². The Bertz CT molecular complexity index is 813. The van der Waals surface area contributed by atoms with Crippen LogP contribution in [0.4, 0.5) is 8.78 Å². The first-order chi connectivity index (χ1) is 9.74. The van der Waals surface area contributed by atoms with E-state index in [4.69, 9.17) is 0 Å². The standard InChI is InChI=1S/C15H10F2N2S/c16-9-5-6-11(17)10(7-9)15-19-13-4-2-1-3-12(13)18-14(19)8-20-15/h1-7,15H,8H2/t15-/m0/s1. The van der Waals surface area contributed by atoms with E-state index in [1.165, 1.54) is 12.1 Å². The van der Waals surface area contributed by atoms with E-state index in [1.54, 1.807) is 11.8 Å². The molecule has 1 atom stereocenters. The van der Waals surface area contributed by atoms with E-state index >= 15 is 0 Å². The summed E-state index contributed by atoms with van der Waals surface area (Å²) in [5.41, 5.74) is 2.22. The van der Waals surface area contributed by atoms with E-state index < -0.39 is 5.82 Å². The average Bonchev–Trinajstić information content (AvgIpc) is 3.00. The SMILES string of the molecule is Fc1ccc(F)c([C@@H]2SCc3nc4ccccc4n32)c1. The van der Waals surface area contributed by atoms with Crippen molar-refractivity contribution in [1.82, 2.24) is 9.55 Å². The Morgan fingerprint density at radius 2 is 2.00 bits per heavy atom. The van der Waals surface area contributed by atoms with Crippen LogP contribution in [0.15, 0.2) is 42.5 Å². The Hall–Kier alpha value is -1.88. The highest BCUT2D eigenvalue weighted by Crippen LogP contribution is 2.43. The van der Waals surface area contributed by atoms with E-state index in [-0.39, 0.29) is 11.2 Å². The van der Waals surface area contributed by atoms with Crippen molar-refractivity contribution < 1.29 is 8.78 Å². The number of aromatic nitrogens is 2. The molecular weight excluding hydrogens is 278 g/mol.